The maximum atomic E-state index is 9.24. The van der Waals surface area contributed by atoms with Crippen molar-refractivity contribution < 1.29 is 10.0 Å². The molecule has 0 fully saturated rings. The highest BCUT2D eigenvalue weighted by Gasteiger charge is 2.15. The van der Waals surface area contributed by atoms with Gasteiger partial charge in [-0.15, -0.1) is 0 Å². The second-order valence-electron chi connectivity index (χ2n) is 3.83. The number of aryl methyl sites for hydroxylation is 1. The predicted molar refractivity (Wildman–Crippen MR) is 67.3 cm³/mol. The molecule has 0 bridgehead atoms. The smallest absolute Gasteiger partial charge is 0.423 e. The lowest BCUT2D eigenvalue weighted by Crippen LogP contribution is -2.33. The molecule has 88 valence electrons. The fourth-order valence-corrected chi connectivity index (χ4v) is 1.83. The van der Waals surface area contributed by atoms with E-state index in [1.165, 1.54) is 0 Å². The van der Waals surface area contributed by atoms with Crippen molar-refractivity contribution in [2.24, 2.45) is 0 Å². The Morgan fingerprint density at radius 3 is 2.65 bits per heavy atom. The highest BCUT2D eigenvalue weighted by Crippen LogP contribution is 2.13. The van der Waals surface area contributed by atoms with Crippen molar-refractivity contribution >= 4 is 24.2 Å². The third-order valence-corrected chi connectivity index (χ3v) is 2.92. The van der Waals surface area contributed by atoms with E-state index in [9.17, 15) is 10.0 Å². The Morgan fingerprint density at radius 1 is 1.35 bits per heavy atom. The van der Waals surface area contributed by atoms with Gasteiger partial charge >= 0.3 is 7.12 Å². The van der Waals surface area contributed by atoms with E-state index in [-0.39, 0.29) is 0 Å². The van der Waals surface area contributed by atoms with Gasteiger partial charge in [-0.1, -0.05) is 35.9 Å². The molecule has 4 nitrogen and oxygen atoms in total. The van der Waals surface area contributed by atoms with E-state index < -0.39 is 7.12 Å². The Balaban J connectivity index is 2.29. The van der Waals surface area contributed by atoms with Gasteiger partial charge in [-0.2, -0.15) is 5.10 Å². The van der Waals surface area contributed by atoms with E-state index in [0.717, 1.165) is 11.3 Å². The van der Waals surface area contributed by atoms with Crippen molar-refractivity contribution in [3.63, 3.8) is 0 Å². The molecule has 0 saturated carbocycles. The zero-order valence-electron chi connectivity index (χ0n) is 9.34. The van der Waals surface area contributed by atoms with Gasteiger partial charge in [0, 0.05) is 6.20 Å². The number of benzene rings is 1. The summed E-state index contributed by atoms with van der Waals surface area (Å²) in [6, 6.07) is 7.12. The summed E-state index contributed by atoms with van der Waals surface area (Å²) in [4.78, 5) is 0. The summed E-state index contributed by atoms with van der Waals surface area (Å²) < 4.78 is 1.68. The first kappa shape index (κ1) is 12.2. The Bertz CT molecular complexity index is 508. The number of aromatic nitrogens is 2. The lowest BCUT2D eigenvalue weighted by atomic mass is 9.77. The molecular formula is C11H12BClN2O2. The monoisotopic (exact) mass is 250 g/mol. The molecule has 2 N–H and O–H groups in total. The van der Waals surface area contributed by atoms with Gasteiger partial charge < -0.3 is 10.0 Å². The summed E-state index contributed by atoms with van der Waals surface area (Å²) in [6.07, 6.45) is 1.72. The summed E-state index contributed by atoms with van der Waals surface area (Å²) in [5.74, 6) is 0. The molecule has 0 aliphatic carbocycles. The first-order chi connectivity index (χ1) is 8.08. The Morgan fingerprint density at radius 2 is 2.06 bits per heavy atom. The van der Waals surface area contributed by atoms with E-state index in [2.05, 4.69) is 5.10 Å². The third-order valence-electron chi connectivity index (χ3n) is 2.55. The van der Waals surface area contributed by atoms with Crippen molar-refractivity contribution in [1.29, 1.82) is 0 Å². The van der Waals surface area contributed by atoms with Gasteiger partial charge in [0.15, 0.2) is 0 Å². The standard InChI is InChI=1S/C11H12BClN2O2/c1-8-11(13)7-15(14-8)6-9-4-2-3-5-10(9)12(16)17/h2-5,7,16-17H,6H2,1H3. The first-order valence-corrected chi connectivity index (χ1v) is 5.59. The number of rotatable bonds is 3. The van der Waals surface area contributed by atoms with Crippen LogP contribution in [0.4, 0.5) is 0 Å². The van der Waals surface area contributed by atoms with Crippen molar-refractivity contribution in [3.05, 3.63) is 46.7 Å². The van der Waals surface area contributed by atoms with Crippen LogP contribution in [0, 0.1) is 6.92 Å². The van der Waals surface area contributed by atoms with Gasteiger partial charge in [-0.25, -0.2) is 0 Å². The number of hydrogen-bond acceptors (Lipinski definition) is 3. The topological polar surface area (TPSA) is 58.3 Å². The zero-order valence-corrected chi connectivity index (χ0v) is 10.1. The minimum atomic E-state index is -1.47. The normalized spacial score (nSPS) is 10.6. The minimum Gasteiger partial charge on any atom is -0.423 e. The quantitative estimate of drug-likeness (QED) is 0.783. The molecular weight excluding hydrogens is 238 g/mol. The van der Waals surface area contributed by atoms with E-state index in [1.54, 1.807) is 23.0 Å². The number of halogens is 1. The van der Waals surface area contributed by atoms with Crippen molar-refractivity contribution in [3.8, 4) is 0 Å². The molecule has 17 heavy (non-hydrogen) atoms. The Labute approximate surface area is 105 Å². The summed E-state index contributed by atoms with van der Waals surface area (Å²) in [5, 5.41) is 23.3. The van der Waals surface area contributed by atoms with Crippen LogP contribution in [0.1, 0.15) is 11.3 Å². The lowest BCUT2D eigenvalue weighted by molar-refractivity contribution is 0.425. The van der Waals surface area contributed by atoms with Crippen LogP contribution in [0.5, 0.6) is 0 Å². The van der Waals surface area contributed by atoms with Crippen molar-refractivity contribution in [2.45, 2.75) is 13.5 Å². The molecule has 0 radical (unpaired) electrons. The van der Waals surface area contributed by atoms with E-state index in [4.69, 9.17) is 11.6 Å². The minimum absolute atomic E-state index is 0.460. The van der Waals surface area contributed by atoms with Gasteiger partial charge in [0.1, 0.15) is 0 Å². The summed E-state index contributed by atoms with van der Waals surface area (Å²) in [6.45, 7) is 2.28. The summed E-state index contributed by atoms with van der Waals surface area (Å²) >= 11 is 5.92. The second-order valence-corrected chi connectivity index (χ2v) is 4.24. The van der Waals surface area contributed by atoms with Crippen molar-refractivity contribution in [2.75, 3.05) is 0 Å². The molecule has 2 rings (SSSR count). The molecule has 2 aromatic rings. The van der Waals surface area contributed by atoms with Crippen LogP contribution < -0.4 is 5.46 Å². The zero-order chi connectivity index (χ0) is 12.4. The molecule has 0 atom stereocenters. The molecule has 0 saturated heterocycles. The van der Waals surface area contributed by atoms with Gasteiger partial charge in [-0.05, 0) is 17.9 Å². The highest BCUT2D eigenvalue weighted by molar-refractivity contribution is 6.59. The van der Waals surface area contributed by atoms with Crippen LogP contribution in [0.3, 0.4) is 0 Å². The lowest BCUT2D eigenvalue weighted by Gasteiger charge is -2.08. The highest BCUT2D eigenvalue weighted by atomic mass is 35.5. The van der Waals surface area contributed by atoms with Crippen LogP contribution in [0.15, 0.2) is 30.5 Å². The molecule has 1 aromatic carbocycles. The molecule has 1 heterocycles. The molecule has 0 unspecified atom stereocenters. The molecule has 0 amide bonds. The average Bonchev–Trinajstić information content (AvgIpc) is 2.58. The molecule has 6 heteroatoms. The van der Waals surface area contributed by atoms with Crippen molar-refractivity contribution in [1.82, 2.24) is 9.78 Å². The maximum Gasteiger partial charge on any atom is 0.488 e. The molecule has 0 aliphatic heterocycles. The second kappa shape index (κ2) is 4.92. The van der Waals surface area contributed by atoms with Crippen LogP contribution >= 0.6 is 11.6 Å². The third kappa shape index (κ3) is 2.69. The first-order valence-electron chi connectivity index (χ1n) is 5.21. The van der Waals surface area contributed by atoms with Crippen LogP contribution in [0.25, 0.3) is 0 Å². The SMILES string of the molecule is Cc1nn(Cc2ccccc2B(O)O)cc1Cl. The Hall–Kier alpha value is -1.30. The van der Waals surface area contributed by atoms with Crippen LogP contribution in [0.2, 0.25) is 5.02 Å². The van der Waals surface area contributed by atoms with Crippen LogP contribution in [-0.2, 0) is 6.54 Å². The van der Waals surface area contributed by atoms with E-state index in [1.807, 2.05) is 19.1 Å². The van der Waals surface area contributed by atoms with Gasteiger partial charge in [-0.3, -0.25) is 4.68 Å². The number of nitrogens with zero attached hydrogens (tertiary/aromatic N) is 2. The van der Waals surface area contributed by atoms with E-state index in [0.29, 0.717) is 17.0 Å². The molecule has 0 spiro atoms. The fourth-order valence-electron chi connectivity index (χ4n) is 1.68. The van der Waals surface area contributed by atoms with Gasteiger partial charge in [0.05, 0.1) is 17.3 Å². The van der Waals surface area contributed by atoms with Gasteiger partial charge in [0.2, 0.25) is 0 Å². The summed E-state index contributed by atoms with van der Waals surface area (Å²) in [5.41, 5.74) is 2.05. The molecule has 0 aliphatic rings. The fraction of sp³-hybridized carbons (Fsp3) is 0.182. The number of hydrogen-bond donors (Lipinski definition) is 2. The van der Waals surface area contributed by atoms with Gasteiger partial charge in [0.25, 0.3) is 0 Å². The van der Waals surface area contributed by atoms with Crippen LogP contribution in [-0.4, -0.2) is 26.9 Å². The molecule has 1 aromatic heterocycles. The maximum absolute atomic E-state index is 9.24. The Kier molecular flexibility index (Phi) is 3.52. The van der Waals surface area contributed by atoms with E-state index >= 15 is 0 Å². The largest absolute Gasteiger partial charge is 0.488 e. The average molecular weight is 250 g/mol. The summed E-state index contributed by atoms with van der Waals surface area (Å²) in [7, 11) is -1.47. The predicted octanol–water partition coefficient (Wildman–Crippen LogP) is 0.573.